The van der Waals surface area contributed by atoms with E-state index in [-0.39, 0.29) is 11.6 Å². The molecule has 5 heteroatoms. The number of ether oxygens (including phenoxy) is 2. The first-order valence-electron chi connectivity index (χ1n) is 7.77. The maximum Gasteiger partial charge on any atom is 0.123 e. The molecule has 0 saturated carbocycles. The highest BCUT2D eigenvalue weighted by molar-refractivity contribution is 5.32. The molecule has 1 aromatic heterocycles. The molecule has 0 radical (unpaired) electrons. The van der Waals surface area contributed by atoms with E-state index in [0.717, 1.165) is 45.4 Å². The number of nitrogens with two attached hydrogens (primary N) is 1. The van der Waals surface area contributed by atoms with E-state index in [9.17, 15) is 0 Å². The molecule has 0 aliphatic carbocycles. The molecule has 1 aromatic rings. The molecule has 0 amide bonds. The van der Waals surface area contributed by atoms with Crippen molar-refractivity contribution < 1.29 is 9.47 Å². The maximum atomic E-state index is 5.95. The topological polar surface area (TPSA) is 69.4 Å². The molecular weight excluding hydrogens is 266 g/mol. The summed E-state index contributed by atoms with van der Waals surface area (Å²) in [5, 5.41) is 3.66. The number of nitrogens with one attached hydrogen (secondary N) is 1. The Morgan fingerprint density at radius 2 is 2.24 bits per heavy atom. The van der Waals surface area contributed by atoms with Gasteiger partial charge >= 0.3 is 0 Å². The molecule has 3 N–H and O–H groups in total. The first kappa shape index (κ1) is 16.2. The number of pyridine rings is 1. The number of aromatic nitrogens is 1. The van der Waals surface area contributed by atoms with Crippen molar-refractivity contribution in [2.45, 2.75) is 44.2 Å². The smallest absolute Gasteiger partial charge is 0.123 e. The van der Waals surface area contributed by atoms with E-state index in [2.05, 4.69) is 17.2 Å². The summed E-state index contributed by atoms with van der Waals surface area (Å²) in [7, 11) is 1.81. The van der Waals surface area contributed by atoms with Crippen molar-refractivity contribution in [1.82, 2.24) is 10.3 Å². The van der Waals surface area contributed by atoms with Gasteiger partial charge in [-0.05, 0) is 37.1 Å². The zero-order valence-electron chi connectivity index (χ0n) is 13.1. The third-order valence-electron chi connectivity index (χ3n) is 4.31. The molecule has 118 valence electrons. The summed E-state index contributed by atoms with van der Waals surface area (Å²) in [6.07, 6.45) is 5.60. The van der Waals surface area contributed by atoms with E-state index < -0.39 is 0 Å². The van der Waals surface area contributed by atoms with Gasteiger partial charge in [-0.25, -0.2) is 4.98 Å². The molecule has 1 aliphatic heterocycles. The van der Waals surface area contributed by atoms with Crippen LogP contribution < -0.4 is 11.1 Å². The van der Waals surface area contributed by atoms with Crippen LogP contribution in [-0.4, -0.2) is 43.5 Å². The van der Waals surface area contributed by atoms with Gasteiger partial charge in [0, 0.05) is 45.4 Å². The second-order valence-corrected chi connectivity index (χ2v) is 5.68. The number of nitrogens with zero attached hydrogens (tertiary/aromatic N) is 1. The van der Waals surface area contributed by atoms with Gasteiger partial charge in [0.05, 0.1) is 5.60 Å². The van der Waals surface area contributed by atoms with Crippen LogP contribution in [-0.2, 0) is 15.9 Å². The fraction of sp³-hybridized carbons (Fsp3) is 0.688. The Labute approximate surface area is 127 Å². The van der Waals surface area contributed by atoms with Gasteiger partial charge in [-0.1, -0.05) is 6.92 Å². The molecule has 1 atom stereocenters. The van der Waals surface area contributed by atoms with Crippen molar-refractivity contribution in [3.05, 3.63) is 23.9 Å². The molecule has 1 fully saturated rings. The lowest BCUT2D eigenvalue weighted by atomic mass is 9.82. The van der Waals surface area contributed by atoms with E-state index in [1.807, 2.05) is 19.2 Å². The first-order valence-corrected chi connectivity index (χ1v) is 7.77. The average Bonchev–Trinajstić information content (AvgIpc) is 2.52. The summed E-state index contributed by atoms with van der Waals surface area (Å²) < 4.78 is 11.5. The Kier molecular flexibility index (Phi) is 5.96. The minimum absolute atomic E-state index is 0.161. The van der Waals surface area contributed by atoms with Crippen molar-refractivity contribution in [3.63, 3.8) is 0 Å². The molecule has 2 rings (SSSR count). The minimum atomic E-state index is -0.161. The highest BCUT2D eigenvalue weighted by Gasteiger charge is 2.40. The lowest BCUT2D eigenvalue weighted by Crippen LogP contribution is -2.56. The summed E-state index contributed by atoms with van der Waals surface area (Å²) in [6.45, 7) is 4.68. The normalized spacial score (nSPS) is 19.3. The molecule has 1 unspecified atom stereocenters. The predicted molar refractivity (Wildman–Crippen MR) is 84.2 cm³/mol. The molecule has 5 nitrogen and oxygen atoms in total. The number of nitrogen functional groups attached to an aromatic ring is 1. The van der Waals surface area contributed by atoms with E-state index in [1.165, 1.54) is 5.56 Å². The number of hydrogen-bond acceptors (Lipinski definition) is 5. The quantitative estimate of drug-likeness (QED) is 0.802. The standard InChI is InChI=1S/C16H27N3O2/c1-3-7-18-14(11-13-4-8-19-15(17)12-13)16(20-2)5-9-21-10-6-16/h4,8,12,14,18H,3,5-7,9-11H2,1-2H3,(H2,17,19). The van der Waals surface area contributed by atoms with E-state index in [0.29, 0.717) is 5.82 Å². The fourth-order valence-electron chi connectivity index (χ4n) is 3.03. The number of anilines is 1. The van der Waals surface area contributed by atoms with Crippen LogP contribution in [0, 0.1) is 0 Å². The van der Waals surface area contributed by atoms with Gasteiger partial charge < -0.3 is 20.5 Å². The second kappa shape index (κ2) is 7.73. The Morgan fingerprint density at radius 1 is 1.48 bits per heavy atom. The van der Waals surface area contributed by atoms with Crippen LogP contribution in [0.25, 0.3) is 0 Å². The molecular formula is C16H27N3O2. The highest BCUT2D eigenvalue weighted by Crippen LogP contribution is 2.30. The fourth-order valence-corrected chi connectivity index (χ4v) is 3.03. The summed E-state index contributed by atoms with van der Waals surface area (Å²) >= 11 is 0. The molecule has 0 aromatic carbocycles. The van der Waals surface area contributed by atoms with Crippen LogP contribution in [0.5, 0.6) is 0 Å². The van der Waals surface area contributed by atoms with Crippen LogP contribution in [0.3, 0.4) is 0 Å². The Hall–Kier alpha value is -1.17. The van der Waals surface area contributed by atoms with Crippen molar-refractivity contribution >= 4 is 5.82 Å². The van der Waals surface area contributed by atoms with Gasteiger partial charge in [-0.3, -0.25) is 0 Å². The third kappa shape index (κ3) is 4.15. The molecule has 0 spiro atoms. The highest BCUT2D eigenvalue weighted by atomic mass is 16.5. The van der Waals surface area contributed by atoms with Crippen LogP contribution in [0.2, 0.25) is 0 Å². The Morgan fingerprint density at radius 3 is 2.86 bits per heavy atom. The Balaban J connectivity index is 2.16. The van der Waals surface area contributed by atoms with Crippen molar-refractivity contribution in [2.75, 3.05) is 32.6 Å². The minimum Gasteiger partial charge on any atom is -0.384 e. The Bertz CT molecular complexity index is 433. The van der Waals surface area contributed by atoms with Gasteiger partial charge in [-0.2, -0.15) is 0 Å². The zero-order valence-corrected chi connectivity index (χ0v) is 13.1. The predicted octanol–water partition coefficient (Wildman–Crippen LogP) is 1.77. The van der Waals surface area contributed by atoms with Crippen LogP contribution >= 0.6 is 0 Å². The van der Waals surface area contributed by atoms with E-state index >= 15 is 0 Å². The lowest BCUT2D eigenvalue weighted by molar-refractivity contribution is -0.110. The summed E-state index contributed by atoms with van der Waals surface area (Å²) in [5.41, 5.74) is 6.83. The largest absolute Gasteiger partial charge is 0.384 e. The van der Waals surface area contributed by atoms with Crippen molar-refractivity contribution in [2.24, 2.45) is 0 Å². The summed E-state index contributed by atoms with van der Waals surface area (Å²) in [4.78, 5) is 4.07. The summed E-state index contributed by atoms with van der Waals surface area (Å²) in [5.74, 6) is 0.570. The molecule has 1 aliphatic rings. The van der Waals surface area contributed by atoms with E-state index in [1.54, 1.807) is 6.20 Å². The SMILES string of the molecule is CCCNC(Cc1ccnc(N)c1)C1(OC)CCOCC1. The van der Waals surface area contributed by atoms with Gasteiger partial charge in [0.25, 0.3) is 0 Å². The summed E-state index contributed by atoms with van der Waals surface area (Å²) in [6, 6.07) is 4.23. The first-order chi connectivity index (χ1) is 10.2. The number of rotatable bonds is 7. The average molecular weight is 293 g/mol. The third-order valence-corrected chi connectivity index (χ3v) is 4.31. The molecule has 0 bridgehead atoms. The van der Waals surface area contributed by atoms with E-state index in [4.69, 9.17) is 15.2 Å². The van der Waals surface area contributed by atoms with Crippen LogP contribution in [0.15, 0.2) is 18.3 Å². The molecule has 1 saturated heterocycles. The number of methoxy groups -OCH3 is 1. The van der Waals surface area contributed by atoms with Gasteiger partial charge in [0.1, 0.15) is 5.82 Å². The van der Waals surface area contributed by atoms with Crippen LogP contribution in [0.4, 0.5) is 5.82 Å². The van der Waals surface area contributed by atoms with Gasteiger partial charge in [0.2, 0.25) is 0 Å². The monoisotopic (exact) mass is 293 g/mol. The van der Waals surface area contributed by atoms with Crippen molar-refractivity contribution in [3.8, 4) is 0 Å². The zero-order chi connectivity index (χ0) is 15.1. The van der Waals surface area contributed by atoms with Crippen LogP contribution in [0.1, 0.15) is 31.7 Å². The van der Waals surface area contributed by atoms with Gasteiger partial charge in [-0.15, -0.1) is 0 Å². The van der Waals surface area contributed by atoms with Crippen molar-refractivity contribution in [1.29, 1.82) is 0 Å². The molecule has 2 heterocycles. The number of hydrogen-bond donors (Lipinski definition) is 2. The molecule has 21 heavy (non-hydrogen) atoms. The van der Waals surface area contributed by atoms with Gasteiger partial charge in [0.15, 0.2) is 0 Å². The maximum absolute atomic E-state index is 5.95. The second-order valence-electron chi connectivity index (χ2n) is 5.68. The lowest BCUT2D eigenvalue weighted by Gasteiger charge is -2.43.